The molecule has 0 atom stereocenters. The van der Waals surface area contributed by atoms with E-state index in [2.05, 4.69) is 6.07 Å². The van der Waals surface area contributed by atoms with E-state index in [1.54, 1.807) is 0 Å². The molecule has 0 aromatic heterocycles. The fourth-order valence-electron chi connectivity index (χ4n) is 3.50. The van der Waals surface area contributed by atoms with Gasteiger partial charge in [0, 0.05) is 13.1 Å². The summed E-state index contributed by atoms with van der Waals surface area (Å²) < 4.78 is 0. The fourth-order valence-corrected chi connectivity index (χ4v) is 3.50. The largest absolute Gasteiger partial charge is 0.341 e. The van der Waals surface area contributed by atoms with Crippen molar-refractivity contribution >= 4 is 5.91 Å². The van der Waals surface area contributed by atoms with Crippen LogP contribution in [0.4, 0.5) is 0 Å². The summed E-state index contributed by atoms with van der Waals surface area (Å²) >= 11 is 0. The second-order valence-corrected chi connectivity index (χ2v) is 5.96. The van der Waals surface area contributed by atoms with E-state index in [0.29, 0.717) is 6.04 Å². The third-order valence-corrected chi connectivity index (χ3v) is 4.77. The molecule has 2 aliphatic carbocycles. The van der Waals surface area contributed by atoms with Crippen LogP contribution in [0.5, 0.6) is 0 Å². The van der Waals surface area contributed by atoms with Crippen molar-refractivity contribution in [1.29, 1.82) is 5.26 Å². The Morgan fingerprint density at radius 1 is 1.11 bits per heavy atom. The maximum atomic E-state index is 12.7. The maximum absolute atomic E-state index is 12.7. The van der Waals surface area contributed by atoms with Gasteiger partial charge in [-0.2, -0.15) is 5.26 Å². The van der Waals surface area contributed by atoms with Crippen LogP contribution in [0.2, 0.25) is 0 Å². The van der Waals surface area contributed by atoms with Crippen LogP contribution in [0, 0.1) is 16.7 Å². The lowest BCUT2D eigenvalue weighted by atomic mass is 9.80. The number of nitriles is 1. The normalized spacial score (nSPS) is 24.2. The van der Waals surface area contributed by atoms with Gasteiger partial charge in [0.15, 0.2) is 0 Å². The number of carbonyl (C=O) groups excluding carboxylic acids is 1. The fraction of sp³-hybridized carbons (Fsp3) is 0.867. The van der Waals surface area contributed by atoms with Gasteiger partial charge >= 0.3 is 0 Å². The Bertz CT molecular complexity index is 331. The van der Waals surface area contributed by atoms with Gasteiger partial charge in [-0.15, -0.1) is 0 Å². The van der Waals surface area contributed by atoms with Gasteiger partial charge in [0.05, 0.1) is 6.07 Å². The predicted molar refractivity (Wildman–Crippen MR) is 70.8 cm³/mol. The van der Waals surface area contributed by atoms with E-state index in [-0.39, 0.29) is 5.91 Å². The zero-order chi connectivity index (χ0) is 13.0. The summed E-state index contributed by atoms with van der Waals surface area (Å²) in [6.07, 6.45) is 10.6. The average molecular weight is 248 g/mol. The molecule has 2 aliphatic rings. The minimum atomic E-state index is -0.714. The Balaban J connectivity index is 2.10. The van der Waals surface area contributed by atoms with E-state index in [1.165, 1.54) is 25.7 Å². The van der Waals surface area contributed by atoms with Gasteiger partial charge in [0.25, 0.3) is 0 Å². The second-order valence-electron chi connectivity index (χ2n) is 5.96. The van der Waals surface area contributed by atoms with Gasteiger partial charge in [0.2, 0.25) is 5.91 Å². The lowest BCUT2D eigenvalue weighted by Crippen LogP contribution is -2.45. The molecule has 2 fully saturated rings. The molecule has 0 heterocycles. The van der Waals surface area contributed by atoms with Crippen LogP contribution >= 0.6 is 0 Å². The standard InChI is InChI=1S/C15H24N2O/c1-17(13-8-4-5-9-13)14(18)15(12-16)10-6-2-3-7-11-15/h13H,2-11H2,1H3. The summed E-state index contributed by atoms with van der Waals surface area (Å²) in [4.78, 5) is 14.6. The molecule has 1 amide bonds. The Morgan fingerprint density at radius 3 is 2.17 bits per heavy atom. The SMILES string of the molecule is CN(C(=O)C1(C#N)CCCCCC1)C1CCCC1. The van der Waals surface area contributed by atoms with Crippen molar-refractivity contribution in [3.8, 4) is 6.07 Å². The summed E-state index contributed by atoms with van der Waals surface area (Å²) in [6, 6.07) is 2.75. The number of hydrogen-bond donors (Lipinski definition) is 0. The Morgan fingerprint density at radius 2 is 1.67 bits per heavy atom. The topological polar surface area (TPSA) is 44.1 Å². The molecule has 3 heteroatoms. The highest BCUT2D eigenvalue weighted by Crippen LogP contribution is 2.37. The van der Waals surface area contributed by atoms with Crippen LogP contribution in [-0.4, -0.2) is 23.9 Å². The Kier molecular flexibility index (Phi) is 4.27. The van der Waals surface area contributed by atoms with Gasteiger partial charge in [-0.3, -0.25) is 4.79 Å². The van der Waals surface area contributed by atoms with Crippen LogP contribution in [0.3, 0.4) is 0 Å². The molecule has 18 heavy (non-hydrogen) atoms. The van der Waals surface area contributed by atoms with Crippen LogP contribution in [0.25, 0.3) is 0 Å². The lowest BCUT2D eigenvalue weighted by molar-refractivity contribution is -0.140. The highest BCUT2D eigenvalue weighted by molar-refractivity contribution is 5.85. The van der Waals surface area contributed by atoms with E-state index in [4.69, 9.17) is 0 Å². The first-order valence-corrected chi connectivity index (χ1v) is 7.38. The van der Waals surface area contributed by atoms with Crippen molar-refractivity contribution in [3.63, 3.8) is 0 Å². The molecule has 0 spiro atoms. The number of amides is 1. The minimum Gasteiger partial charge on any atom is -0.341 e. The van der Waals surface area contributed by atoms with Crippen molar-refractivity contribution in [2.24, 2.45) is 5.41 Å². The molecule has 100 valence electrons. The third-order valence-electron chi connectivity index (χ3n) is 4.77. The van der Waals surface area contributed by atoms with Crippen molar-refractivity contribution in [1.82, 2.24) is 4.90 Å². The summed E-state index contributed by atoms with van der Waals surface area (Å²) in [7, 11) is 1.91. The Hall–Kier alpha value is -1.04. The molecule has 0 aromatic carbocycles. The van der Waals surface area contributed by atoms with Gasteiger partial charge in [-0.1, -0.05) is 38.5 Å². The third kappa shape index (κ3) is 2.53. The van der Waals surface area contributed by atoms with Crippen LogP contribution in [0.1, 0.15) is 64.2 Å². The zero-order valence-electron chi connectivity index (χ0n) is 11.5. The summed E-state index contributed by atoms with van der Waals surface area (Å²) in [5.41, 5.74) is -0.714. The van der Waals surface area contributed by atoms with Crippen molar-refractivity contribution in [2.45, 2.75) is 70.3 Å². The maximum Gasteiger partial charge on any atom is 0.243 e. The smallest absolute Gasteiger partial charge is 0.243 e. The summed E-state index contributed by atoms with van der Waals surface area (Å²) in [6.45, 7) is 0. The molecule has 0 bridgehead atoms. The van der Waals surface area contributed by atoms with Crippen molar-refractivity contribution in [3.05, 3.63) is 0 Å². The summed E-state index contributed by atoms with van der Waals surface area (Å²) in [5.74, 6) is 0.0961. The van der Waals surface area contributed by atoms with Crippen molar-refractivity contribution in [2.75, 3.05) is 7.05 Å². The molecule has 2 saturated carbocycles. The number of nitrogens with zero attached hydrogens (tertiary/aromatic N) is 2. The number of rotatable bonds is 2. The number of carbonyl (C=O) groups is 1. The van der Waals surface area contributed by atoms with Gasteiger partial charge in [-0.05, 0) is 25.7 Å². The summed E-state index contributed by atoms with van der Waals surface area (Å²) in [5, 5.41) is 9.53. The Labute approximate surface area is 110 Å². The highest BCUT2D eigenvalue weighted by Gasteiger charge is 2.42. The minimum absolute atomic E-state index is 0.0961. The first-order chi connectivity index (χ1) is 8.69. The molecule has 0 aromatic rings. The molecule has 0 N–H and O–H groups in total. The molecule has 0 saturated heterocycles. The molecule has 2 rings (SSSR count). The van der Waals surface area contributed by atoms with E-state index >= 15 is 0 Å². The monoisotopic (exact) mass is 248 g/mol. The second kappa shape index (κ2) is 5.73. The molecule has 0 unspecified atom stereocenters. The lowest BCUT2D eigenvalue weighted by Gasteiger charge is -2.33. The van der Waals surface area contributed by atoms with Crippen LogP contribution in [0.15, 0.2) is 0 Å². The van der Waals surface area contributed by atoms with Crippen LogP contribution < -0.4 is 0 Å². The molecule has 3 nitrogen and oxygen atoms in total. The highest BCUT2D eigenvalue weighted by atomic mass is 16.2. The first-order valence-electron chi connectivity index (χ1n) is 7.38. The van der Waals surface area contributed by atoms with E-state index in [1.807, 2.05) is 11.9 Å². The molecule has 0 aliphatic heterocycles. The van der Waals surface area contributed by atoms with E-state index in [9.17, 15) is 10.1 Å². The molecular formula is C15H24N2O. The first kappa shape index (κ1) is 13.4. The number of hydrogen-bond acceptors (Lipinski definition) is 2. The van der Waals surface area contributed by atoms with E-state index in [0.717, 1.165) is 38.5 Å². The molecule has 0 radical (unpaired) electrons. The zero-order valence-corrected chi connectivity index (χ0v) is 11.5. The molecular weight excluding hydrogens is 224 g/mol. The van der Waals surface area contributed by atoms with Gasteiger partial charge in [-0.25, -0.2) is 0 Å². The van der Waals surface area contributed by atoms with Gasteiger partial charge in [0.1, 0.15) is 5.41 Å². The average Bonchev–Trinajstić information content (AvgIpc) is 2.82. The van der Waals surface area contributed by atoms with Crippen LogP contribution in [-0.2, 0) is 4.79 Å². The van der Waals surface area contributed by atoms with Gasteiger partial charge < -0.3 is 4.90 Å². The quantitative estimate of drug-likeness (QED) is 0.704. The predicted octanol–water partition coefficient (Wildman–Crippen LogP) is 3.25. The van der Waals surface area contributed by atoms with Crippen molar-refractivity contribution < 1.29 is 4.79 Å². The van der Waals surface area contributed by atoms with E-state index < -0.39 is 5.41 Å².